The highest BCUT2D eigenvalue weighted by Crippen LogP contribution is 2.33. The van der Waals surface area contributed by atoms with Gasteiger partial charge in [-0.05, 0) is 45.6 Å². The Hall–Kier alpha value is -1.31. The van der Waals surface area contributed by atoms with E-state index in [0.717, 1.165) is 20.7 Å². The smallest absolute Gasteiger partial charge is 0.153 e. The molecule has 3 rings (SSSR count). The Morgan fingerprint density at radius 2 is 2.21 bits per heavy atom. The van der Waals surface area contributed by atoms with Crippen LogP contribution in [0, 0.1) is 5.82 Å². The van der Waals surface area contributed by atoms with Crippen LogP contribution in [0.1, 0.15) is 16.6 Å². The predicted molar refractivity (Wildman–Crippen MR) is 76.5 cm³/mol. The molecule has 98 valence electrons. The number of halogens is 2. The molecular weight excluding hydrogens is 331 g/mol. The molecule has 0 radical (unpaired) electrons. The van der Waals surface area contributed by atoms with Crippen molar-refractivity contribution in [1.29, 1.82) is 0 Å². The van der Waals surface area contributed by atoms with Gasteiger partial charge in [0.1, 0.15) is 5.82 Å². The first kappa shape index (κ1) is 12.7. The third-order valence-corrected chi connectivity index (χ3v) is 4.69. The summed E-state index contributed by atoms with van der Waals surface area (Å²) in [5.41, 5.74) is 7.05. The fraction of sp³-hybridized carbons (Fsp3) is 0.167. The van der Waals surface area contributed by atoms with Crippen molar-refractivity contribution in [2.24, 2.45) is 12.8 Å². The number of nitrogens with zero attached hydrogens (tertiary/aromatic N) is 3. The van der Waals surface area contributed by atoms with Gasteiger partial charge in [-0.2, -0.15) is 0 Å². The molecule has 2 aromatic heterocycles. The van der Waals surface area contributed by atoms with E-state index in [1.807, 2.05) is 6.07 Å². The molecule has 2 heterocycles. The summed E-state index contributed by atoms with van der Waals surface area (Å²) in [5, 5.41) is 8.70. The van der Waals surface area contributed by atoms with E-state index in [9.17, 15) is 4.39 Å². The van der Waals surface area contributed by atoms with Crippen LogP contribution in [0.25, 0.3) is 10.1 Å². The van der Waals surface area contributed by atoms with Gasteiger partial charge in [0.25, 0.3) is 0 Å². The van der Waals surface area contributed by atoms with Crippen molar-refractivity contribution < 1.29 is 4.39 Å². The summed E-state index contributed by atoms with van der Waals surface area (Å²) in [6.45, 7) is 0. The van der Waals surface area contributed by atoms with E-state index < -0.39 is 0 Å². The number of aromatic nitrogens is 3. The van der Waals surface area contributed by atoms with Crippen LogP contribution in [0.3, 0.4) is 0 Å². The van der Waals surface area contributed by atoms with Gasteiger partial charge in [0.05, 0.1) is 11.7 Å². The third-order valence-electron chi connectivity index (χ3n) is 2.93. The van der Waals surface area contributed by atoms with Crippen LogP contribution in [0.15, 0.2) is 28.9 Å². The van der Waals surface area contributed by atoms with Gasteiger partial charge < -0.3 is 5.73 Å². The Bertz CT molecular complexity index is 732. The van der Waals surface area contributed by atoms with Crippen LogP contribution in [-0.4, -0.2) is 15.0 Å². The molecule has 1 aromatic carbocycles. The lowest BCUT2D eigenvalue weighted by atomic mass is 10.1. The maximum atomic E-state index is 13.2. The Morgan fingerprint density at radius 3 is 2.89 bits per heavy atom. The number of fused-ring (bicyclic) bond motifs is 1. The van der Waals surface area contributed by atoms with E-state index in [1.165, 1.54) is 12.1 Å². The van der Waals surface area contributed by atoms with Gasteiger partial charge in [0, 0.05) is 16.6 Å². The Labute approximate surface area is 121 Å². The molecule has 0 amide bonds. The molecule has 2 N–H and O–H groups in total. The molecule has 4 nitrogen and oxygen atoms in total. The van der Waals surface area contributed by atoms with Crippen LogP contribution in [-0.2, 0) is 7.05 Å². The van der Waals surface area contributed by atoms with Gasteiger partial charge in [0.2, 0.25) is 0 Å². The van der Waals surface area contributed by atoms with Crippen LogP contribution >= 0.6 is 27.3 Å². The third kappa shape index (κ3) is 2.18. The van der Waals surface area contributed by atoms with Crippen molar-refractivity contribution in [3.8, 4) is 0 Å². The first-order valence-corrected chi connectivity index (χ1v) is 7.17. The minimum Gasteiger partial charge on any atom is -0.318 e. The second-order valence-electron chi connectivity index (χ2n) is 4.20. The number of benzene rings is 1. The van der Waals surface area contributed by atoms with Crippen LogP contribution in [0.4, 0.5) is 4.39 Å². The maximum Gasteiger partial charge on any atom is 0.153 e. The maximum absolute atomic E-state index is 13.2. The molecule has 0 aliphatic carbocycles. The molecule has 0 saturated heterocycles. The number of aryl methyl sites for hydroxylation is 1. The van der Waals surface area contributed by atoms with E-state index in [-0.39, 0.29) is 11.9 Å². The monoisotopic (exact) mass is 340 g/mol. The molecule has 0 aliphatic rings. The van der Waals surface area contributed by atoms with Crippen molar-refractivity contribution in [2.75, 3.05) is 0 Å². The molecule has 1 atom stereocenters. The molecule has 0 aliphatic heterocycles. The number of hydrogen-bond acceptors (Lipinski definition) is 4. The molecule has 0 bridgehead atoms. The lowest BCUT2D eigenvalue weighted by Crippen LogP contribution is -2.15. The highest BCUT2D eigenvalue weighted by Gasteiger charge is 2.20. The Morgan fingerprint density at radius 1 is 1.42 bits per heavy atom. The van der Waals surface area contributed by atoms with Crippen molar-refractivity contribution in [1.82, 2.24) is 15.0 Å². The predicted octanol–water partition coefficient (Wildman–Crippen LogP) is 2.98. The Balaban J connectivity index is 2.09. The van der Waals surface area contributed by atoms with Crippen molar-refractivity contribution in [3.63, 3.8) is 0 Å². The van der Waals surface area contributed by atoms with E-state index in [0.29, 0.717) is 4.60 Å². The van der Waals surface area contributed by atoms with Crippen molar-refractivity contribution >= 4 is 37.4 Å². The summed E-state index contributed by atoms with van der Waals surface area (Å²) in [4.78, 5) is 0.951. The largest absolute Gasteiger partial charge is 0.318 e. The number of thiophene rings is 1. The minimum absolute atomic E-state index is 0.242. The van der Waals surface area contributed by atoms with Crippen molar-refractivity contribution in [2.45, 2.75) is 6.04 Å². The second-order valence-corrected chi connectivity index (χ2v) is 6.06. The zero-order valence-electron chi connectivity index (χ0n) is 9.97. The van der Waals surface area contributed by atoms with Crippen LogP contribution < -0.4 is 5.73 Å². The summed E-state index contributed by atoms with van der Waals surface area (Å²) in [6, 6.07) is 6.30. The quantitative estimate of drug-likeness (QED) is 0.780. The van der Waals surface area contributed by atoms with Crippen LogP contribution in [0.5, 0.6) is 0 Å². The zero-order valence-corrected chi connectivity index (χ0v) is 12.4. The van der Waals surface area contributed by atoms with Gasteiger partial charge in [-0.25, -0.2) is 9.07 Å². The standard InChI is InChI=1S/C12H10BrFN4S/c1-18-11(12(13)16-17-18)10(15)9-5-6-4-7(14)2-3-8(6)19-9/h2-5,10H,15H2,1H3. The molecule has 0 saturated carbocycles. The van der Waals surface area contributed by atoms with E-state index in [4.69, 9.17) is 5.73 Å². The fourth-order valence-corrected chi connectivity index (χ4v) is 3.62. The molecule has 1 unspecified atom stereocenters. The molecule has 0 fully saturated rings. The average molecular weight is 341 g/mol. The van der Waals surface area contributed by atoms with Gasteiger partial charge in [-0.3, -0.25) is 0 Å². The summed E-state index contributed by atoms with van der Waals surface area (Å²) in [7, 11) is 1.79. The lowest BCUT2D eigenvalue weighted by molar-refractivity contribution is 0.630. The Kier molecular flexibility index (Phi) is 3.12. The molecular formula is C12H10BrFN4S. The summed E-state index contributed by atoms with van der Waals surface area (Å²) in [5.74, 6) is -0.242. The number of rotatable bonds is 2. The van der Waals surface area contributed by atoms with Gasteiger partial charge in [-0.1, -0.05) is 5.21 Å². The topological polar surface area (TPSA) is 56.7 Å². The summed E-state index contributed by atoms with van der Waals surface area (Å²) >= 11 is 4.89. The fourth-order valence-electron chi connectivity index (χ4n) is 1.99. The van der Waals surface area contributed by atoms with E-state index >= 15 is 0 Å². The van der Waals surface area contributed by atoms with Gasteiger partial charge in [-0.15, -0.1) is 16.4 Å². The second kappa shape index (κ2) is 4.66. The minimum atomic E-state index is -0.338. The van der Waals surface area contributed by atoms with Gasteiger partial charge in [0.15, 0.2) is 4.60 Å². The lowest BCUT2D eigenvalue weighted by Gasteiger charge is -2.09. The summed E-state index contributed by atoms with van der Waals surface area (Å²) in [6.07, 6.45) is 0. The van der Waals surface area contributed by atoms with Crippen molar-refractivity contribution in [3.05, 3.63) is 45.3 Å². The van der Waals surface area contributed by atoms with E-state index in [2.05, 4.69) is 26.2 Å². The first-order valence-electron chi connectivity index (χ1n) is 5.56. The zero-order chi connectivity index (χ0) is 13.6. The molecule has 7 heteroatoms. The highest BCUT2D eigenvalue weighted by molar-refractivity contribution is 9.10. The SMILES string of the molecule is Cn1nnc(Br)c1C(N)c1cc2cc(F)ccc2s1. The molecule has 19 heavy (non-hydrogen) atoms. The first-order chi connectivity index (χ1) is 9.06. The average Bonchev–Trinajstić information content (AvgIpc) is 2.92. The number of hydrogen-bond donors (Lipinski definition) is 1. The molecule has 0 spiro atoms. The number of nitrogens with two attached hydrogens (primary N) is 1. The van der Waals surface area contributed by atoms with Crippen LogP contribution in [0.2, 0.25) is 0 Å². The van der Waals surface area contributed by atoms with Gasteiger partial charge >= 0.3 is 0 Å². The summed E-state index contributed by atoms with van der Waals surface area (Å²) < 4.78 is 16.5. The normalized spacial score (nSPS) is 13.1. The molecule has 3 aromatic rings. The highest BCUT2D eigenvalue weighted by atomic mass is 79.9. The van der Waals surface area contributed by atoms with E-state index in [1.54, 1.807) is 29.1 Å².